The van der Waals surface area contributed by atoms with Crippen LogP contribution in [0.2, 0.25) is 0 Å². The number of aromatic nitrogens is 3. The van der Waals surface area contributed by atoms with Gasteiger partial charge in [0.25, 0.3) is 0 Å². The molecule has 0 fully saturated rings. The van der Waals surface area contributed by atoms with Gasteiger partial charge in [-0.2, -0.15) is 0 Å². The molecule has 1 aromatic heterocycles. The number of ketones is 1. The van der Waals surface area contributed by atoms with E-state index in [2.05, 4.69) is 10.3 Å². The minimum absolute atomic E-state index is 0. The van der Waals surface area contributed by atoms with Crippen molar-refractivity contribution in [2.75, 3.05) is 0 Å². The van der Waals surface area contributed by atoms with E-state index in [1.165, 1.54) is 0 Å². The zero-order valence-electron chi connectivity index (χ0n) is 8.83. The standard InChI is InChI=1S/C11H11N3O.ClH/c1-14-8-10(12-13-14)7-11(15)9-5-3-2-4-6-9;/h2-6,8H,7H2,1H3;1H. The SMILES string of the molecule is Cl.Cn1cc(CC(=O)c2ccccc2)nn1. The van der Waals surface area contributed by atoms with Gasteiger partial charge in [0.15, 0.2) is 5.78 Å². The van der Waals surface area contributed by atoms with E-state index in [1.807, 2.05) is 18.2 Å². The van der Waals surface area contributed by atoms with Gasteiger partial charge in [-0.3, -0.25) is 9.48 Å². The Kier molecular flexibility index (Phi) is 4.19. The van der Waals surface area contributed by atoms with E-state index in [0.717, 1.165) is 0 Å². The van der Waals surface area contributed by atoms with E-state index in [-0.39, 0.29) is 18.2 Å². The summed E-state index contributed by atoms with van der Waals surface area (Å²) < 4.78 is 1.59. The van der Waals surface area contributed by atoms with Crippen molar-refractivity contribution in [3.8, 4) is 0 Å². The Morgan fingerprint density at radius 2 is 2.00 bits per heavy atom. The van der Waals surface area contributed by atoms with Gasteiger partial charge in [-0.05, 0) is 0 Å². The summed E-state index contributed by atoms with van der Waals surface area (Å²) in [6.07, 6.45) is 2.05. The highest BCUT2D eigenvalue weighted by Gasteiger charge is 2.08. The predicted molar refractivity (Wildman–Crippen MR) is 62.7 cm³/mol. The normalized spacial score (nSPS) is 9.56. The molecular weight excluding hydrogens is 226 g/mol. The number of halogens is 1. The Morgan fingerprint density at radius 3 is 2.56 bits per heavy atom. The molecule has 2 rings (SSSR count). The molecule has 0 atom stereocenters. The van der Waals surface area contributed by atoms with Crippen LogP contribution in [0.1, 0.15) is 16.1 Å². The number of carbonyl (C=O) groups excluding carboxylic acids is 1. The minimum atomic E-state index is 0. The van der Waals surface area contributed by atoms with Gasteiger partial charge in [0.1, 0.15) is 0 Å². The van der Waals surface area contributed by atoms with Crippen LogP contribution in [-0.4, -0.2) is 20.8 Å². The first-order valence-corrected chi connectivity index (χ1v) is 4.69. The molecule has 84 valence electrons. The molecule has 0 aliphatic carbocycles. The monoisotopic (exact) mass is 237 g/mol. The summed E-state index contributed by atoms with van der Waals surface area (Å²) in [4.78, 5) is 11.7. The van der Waals surface area contributed by atoms with Crippen LogP contribution in [0.3, 0.4) is 0 Å². The van der Waals surface area contributed by atoms with E-state index in [0.29, 0.717) is 17.7 Å². The number of hydrogen-bond acceptors (Lipinski definition) is 3. The average molecular weight is 238 g/mol. The molecule has 0 spiro atoms. The van der Waals surface area contributed by atoms with Crippen molar-refractivity contribution < 1.29 is 4.79 Å². The van der Waals surface area contributed by atoms with Crippen LogP contribution in [0.4, 0.5) is 0 Å². The molecule has 2 aromatic rings. The zero-order chi connectivity index (χ0) is 10.7. The molecule has 4 nitrogen and oxygen atoms in total. The molecule has 0 saturated carbocycles. The van der Waals surface area contributed by atoms with E-state index >= 15 is 0 Å². The molecule has 5 heteroatoms. The Bertz CT molecular complexity index is 467. The third kappa shape index (κ3) is 2.90. The van der Waals surface area contributed by atoms with Gasteiger partial charge >= 0.3 is 0 Å². The lowest BCUT2D eigenvalue weighted by molar-refractivity contribution is 0.0992. The molecule has 0 unspecified atom stereocenters. The van der Waals surface area contributed by atoms with Crippen LogP contribution in [0.25, 0.3) is 0 Å². The number of hydrogen-bond donors (Lipinski definition) is 0. The molecule has 0 amide bonds. The van der Waals surface area contributed by atoms with Crippen LogP contribution in [-0.2, 0) is 13.5 Å². The van der Waals surface area contributed by atoms with E-state index in [4.69, 9.17) is 0 Å². The minimum Gasteiger partial charge on any atom is -0.294 e. The maximum Gasteiger partial charge on any atom is 0.168 e. The second-order valence-corrected chi connectivity index (χ2v) is 3.35. The number of carbonyl (C=O) groups is 1. The van der Waals surface area contributed by atoms with Crippen molar-refractivity contribution in [2.24, 2.45) is 7.05 Å². The Labute approximate surface area is 99.7 Å². The summed E-state index contributed by atoms with van der Waals surface area (Å²) in [6.45, 7) is 0. The average Bonchev–Trinajstić information content (AvgIpc) is 2.65. The molecule has 1 heterocycles. The number of Topliss-reactive ketones (excluding diaryl/α,β-unsaturated/α-hetero) is 1. The first-order chi connectivity index (χ1) is 7.25. The van der Waals surface area contributed by atoms with E-state index < -0.39 is 0 Å². The Balaban J connectivity index is 0.00000128. The fourth-order valence-corrected chi connectivity index (χ4v) is 1.37. The maximum absolute atomic E-state index is 11.7. The van der Waals surface area contributed by atoms with Crippen molar-refractivity contribution in [1.29, 1.82) is 0 Å². The van der Waals surface area contributed by atoms with E-state index in [9.17, 15) is 4.79 Å². The number of rotatable bonds is 3. The Morgan fingerprint density at radius 1 is 1.31 bits per heavy atom. The molecule has 1 aromatic carbocycles. The summed E-state index contributed by atoms with van der Waals surface area (Å²) in [5, 5.41) is 7.65. The van der Waals surface area contributed by atoms with Crippen molar-refractivity contribution in [3.05, 3.63) is 47.8 Å². The molecule has 0 N–H and O–H groups in total. The predicted octanol–water partition coefficient (Wildman–Crippen LogP) is 1.66. The lowest BCUT2D eigenvalue weighted by Gasteiger charge is -1.96. The van der Waals surface area contributed by atoms with Gasteiger partial charge in [-0.15, -0.1) is 17.5 Å². The molecule has 0 aliphatic rings. The van der Waals surface area contributed by atoms with Crippen LogP contribution in [0.15, 0.2) is 36.5 Å². The van der Waals surface area contributed by atoms with Crippen LogP contribution >= 0.6 is 12.4 Å². The van der Waals surface area contributed by atoms with E-state index in [1.54, 1.807) is 30.1 Å². The van der Waals surface area contributed by atoms with Crippen molar-refractivity contribution in [1.82, 2.24) is 15.0 Å². The van der Waals surface area contributed by atoms with Crippen molar-refractivity contribution >= 4 is 18.2 Å². The molecule has 0 aliphatic heterocycles. The second-order valence-electron chi connectivity index (χ2n) is 3.35. The molecular formula is C11H12ClN3O. The van der Waals surface area contributed by atoms with Gasteiger partial charge in [-0.25, -0.2) is 0 Å². The number of nitrogens with zero attached hydrogens (tertiary/aromatic N) is 3. The summed E-state index contributed by atoms with van der Waals surface area (Å²) in [5.41, 5.74) is 1.41. The highest BCUT2D eigenvalue weighted by atomic mass is 35.5. The van der Waals surface area contributed by atoms with Crippen molar-refractivity contribution in [2.45, 2.75) is 6.42 Å². The first-order valence-electron chi connectivity index (χ1n) is 4.69. The number of aryl methyl sites for hydroxylation is 1. The third-order valence-corrected chi connectivity index (χ3v) is 2.09. The highest BCUT2D eigenvalue weighted by Crippen LogP contribution is 2.04. The van der Waals surface area contributed by atoms with Gasteiger partial charge in [0, 0.05) is 18.8 Å². The molecule has 16 heavy (non-hydrogen) atoms. The zero-order valence-corrected chi connectivity index (χ0v) is 9.65. The summed E-state index contributed by atoms with van der Waals surface area (Å²) in [6, 6.07) is 9.20. The molecule has 0 bridgehead atoms. The van der Waals surface area contributed by atoms with Gasteiger partial charge in [-0.1, -0.05) is 35.5 Å². The lowest BCUT2D eigenvalue weighted by atomic mass is 10.1. The second kappa shape index (κ2) is 5.42. The summed E-state index contributed by atoms with van der Waals surface area (Å²) in [7, 11) is 1.78. The Hall–Kier alpha value is -1.68. The third-order valence-electron chi connectivity index (χ3n) is 2.09. The van der Waals surface area contributed by atoms with Gasteiger partial charge in [0.2, 0.25) is 0 Å². The summed E-state index contributed by atoms with van der Waals surface area (Å²) in [5.74, 6) is 0.0658. The topological polar surface area (TPSA) is 47.8 Å². The largest absolute Gasteiger partial charge is 0.294 e. The van der Waals surface area contributed by atoms with Crippen LogP contribution < -0.4 is 0 Å². The quantitative estimate of drug-likeness (QED) is 0.763. The fourth-order valence-electron chi connectivity index (χ4n) is 1.37. The summed E-state index contributed by atoms with van der Waals surface area (Å²) >= 11 is 0. The van der Waals surface area contributed by atoms with Crippen molar-refractivity contribution in [3.63, 3.8) is 0 Å². The fraction of sp³-hybridized carbons (Fsp3) is 0.182. The molecule has 0 radical (unpaired) electrons. The lowest BCUT2D eigenvalue weighted by Crippen LogP contribution is -2.03. The molecule has 0 saturated heterocycles. The smallest absolute Gasteiger partial charge is 0.168 e. The highest BCUT2D eigenvalue weighted by molar-refractivity contribution is 5.97. The van der Waals surface area contributed by atoms with Crippen LogP contribution in [0, 0.1) is 0 Å². The van der Waals surface area contributed by atoms with Gasteiger partial charge in [0.05, 0.1) is 12.1 Å². The van der Waals surface area contributed by atoms with Crippen LogP contribution in [0.5, 0.6) is 0 Å². The first kappa shape index (κ1) is 12.4. The van der Waals surface area contributed by atoms with Gasteiger partial charge < -0.3 is 0 Å². The number of benzene rings is 1. The maximum atomic E-state index is 11.7.